The summed E-state index contributed by atoms with van der Waals surface area (Å²) < 4.78 is 10.7. The van der Waals surface area contributed by atoms with Crippen LogP contribution >= 0.6 is 0 Å². The topological polar surface area (TPSA) is 114 Å². The number of fused-ring (bicyclic) bond motifs is 1. The van der Waals surface area contributed by atoms with Gasteiger partial charge in [0, 0.05) is 46.7 Å². The Hall–Kier alpha value is -4.66. The van der Waals surface area contributed by atoms with E-state index in [4.69, 9.17) is 9.47 Å². The van der Waals surface area contributed by atoms with Gasteiger partial charge in [0.15, 0.2) is 0 Å². The van der Waals surface area contributed by atoms with Gasteiger partial charge in [0.05, 0.1) is 14.2 Å². The number of aromatic nitrogens is 3. The summed E-state index contributed by atoms with van der Waals surface area (Å²) in [6.45, 7) is 4.20. The SMILES string of the molecule is COc1ccc2[nH]cc(CCN=C(NC(=O)C=Cc3ccccc3OC)Nc3nc(C)cc(C)n3)c2c1. The Labute approximate surface area is 215 Å². The van der Waals surface area contributed by atoms with Gasteiger partial charge in [0.1, 0.15) is 11.5 Å². The van der Waals surface area contributed by atoms with Gasteiger partial charge in [-0.3, -0.25) is 20.4 Å². The Kier molecular flexibility index (Phi) is 8.15. The van der Waals surface area contributed by atoms with Crippen LogP contribution in [0.2, 0.25) is 0 Å². The molecule has 0 aliphatic rings. The molecular weight excluding hydrogens is 468 g/mol. The highest BCUT2D eigenvalue weighted by Crippen LogP contribution is 2.24. The van der Waals surface area contributed by atoms with Gasteiger partial charge in [-0.15, -0.1) is 0 Å². The average molecular weight is 499 g/mol. The predicted molar refractivity (Wildman–Crippen MR) is 146 cm³/mol. The molecule has 0 spiro atoms. The number of nitrogens with one attached hydrogen (secondary N) is 3. The van der Waals surface area contributed by atoms with Crippen LogP contribution in [0.25, 0.3) is 17.0 Å². The molecule has 2 aromatic heterocycles. The van der Waals surface area contributed by atoms with Gasteiger partial charge >= 0.3 is 0 Å². The summed E-state index contributed by atoms with van der Waals surface area (Å²) in [5.74, 6) is 1.75. The molecule has 0 fully saturated rings. The van der Waals surface area contributed by atoms with Crippen molar-refractivity contribution in [2.75, 3.05) is 26.1 Å². The van der Waals surface area contributed by atoms with Gasteiger partial charge in [0.2, 0.25) is 11.9 Å². The summed E-state index contributed by atoms with van der Waals surface area (Å²) in [4.78, 5) is 29.5. The van der Waals surface area contributed by atoms with E-state index in [2.05, 4.69) is 30.6 Å². The van der Waals surface area contributed by atoms with E-state index in [0.29, 0.717) is 24.7 Å². The fourth-order valence-corrected chi connectivity index (χ4v) is 3.91. The lowest BCUT2D eigenvalue weighted by Gasteiger charge is -2.10. The minimum absolute atomic E-state index is 0.261. The maximum absolute atomic E-state index is 12.8. The Morgan fingerprint density at radius 3 is 2.59 bits per heavy atom. The first-order valence-electron chi connectivity index (χ1n) is 11.8. The van der Waals surface area contributed by atoms with Crippen LogP contribution in [-0.2, 0) is 11.2 Å². The van der Waals surface area contributed by atoms with Gasteiger partial charge in [-0.25, -0.2) is 9.97 Å². The van der Waals surface area contributed by atoms with Crippen LogP contribution in [0.5, 0.6) is 11.5 Å². The summed E-state index contributed by atoms with van der Waals surface area (Å²) in [6, 6.07) is 15.2. The maximum Gasteiger partial charge on any atom is 0.250 e. The molecule has 1 amide bonds. The molecule has 9 nitrogen and oxygen atoms in total. The van der Waals surface area contributed by atoms with Crippen molar-refractivity contribution in [3.63, 3.8) is 0 Å². The number of rotatable bonds is 8. The first-order valence-corrected chi connectivity index (χ1v) is 11.8. The number of hydrogen-bond acceptors (Lipinski definition) is 6. The van der Waals surface area contributed by atoms with Crippen LogP contribution in [0.4, 0.5) is 5.95 Å². The molecule has 0 saturated carbocycles. The molecule has 0 unspecified atom stereocenters. The zero-order valence-electron chi connectivity index (χ0n) is 21.3. The third kappa shape index (κ3) is 6.72. The molecular formula is C28H30N6O3. The van der Waals surface area contributed by atoms with Crippen LogP contribution in [0.15, 0.2) is 65.8 Å². The lowest BCUT2D eigenvalue weighted by Crippen LogP contribution is -2.35. The fraction of sp³-hybridized carbons (Fsp3) is 0.214. The van der Waals surface area contributed by atoms with E-state index in [0.717, 1.165) is 39.2 Å². The second-order valence-electron chi connectivity index (χ2n) is 8.37. The molecule has 0 bridgehead atoms. The smallest absolute Gasteiger partial charge is 0.250 e. The number of aryl methyl sites for hydroxylation is 2. The first kappa shape index (κ1) is 25.4. The van der Waals surface area contributed by atoms with Gasteiger partial charge in [-0.05, 0) is 62.2 Å². The van der Waals surface area contributed by atoms with Crippen molar-refractivity contribution < 1.29 is 14.3 Å². The number of carbonyl (C=O) groups is 1. The minimum atomic E-state index is -0.349. The highest BCUT2D eigenvalue weighted by atomic mass is 16.5. The summed E-state index contributed by atoms with van der Waals surface area (Å²) >= 11 is 0. The Bertz CT molecular complexity index is 1440. The molecule has 9 heteroatoms. The molecule has 2 heterocycles. The summed E-state index contributed by atoms with van der Waals surface area (Å²) in [7, 11) is 3.24. The number of carbonyl (C=O) groups excluding carboxylic acids is 1. The quantitative estimate of drug-likeness (QED) is 0.188. The number of amides is 1. The van der Waals surface area contributed by atoms with Crippen LogP contribution in [0.3, 0.4) is 0 Å². The molecule has 2 aromatic carbocycles. The van der Waals surface area contributed by atoms with E-state index in [1.54, 1.807) is 20.3 Å². The van der Waals surface area contributed by atoms with Crippen molar-refractivity contribution in [1.29, 1.82) is 0 Å². The molecule has 190 valence electrons. The monoisotopic (exact) mass is 498 g/mol. The van der Waals surface area contributed by atoms with Crippen molar-refractivity contribution in [3.8, 4) is 11.5 Å². The molecule has 0 aliphatic heterocycles. The molecule has 0 atom stereocenters. The van der Waals surface area contributed by atoms with E-state index >= 15 is 0 Å². The third-order valence-electron chi connectivity index (χ3n) is 5.63. The second kappa shape index (κ2) is 11.9. The molecule has 4 rings (SSSR count). The van der Waals surface area contributed by atoms with Crippen molar-refractivity contribution >= 4 is 34.8 Å². The number of aromatic amines is 1. The fourth-order valence-electron chi connectivity index (χ4n) is 3.91. The largest absolute Gasteiger partial charge is 0.497 e. The number of hydrogen-bond donors (Lipinski definition) is 3. The van der Waals surface area contributed by atoms with Crippen molar-refractivity contribution in [1.82, 2.24) is 20.3 Å². The van der Waals surface area contributed by atoms with Crippen LogP contribution in [0, 0.1) is 13.8 Å². The number of nitrogens with zero attached hydrogens (tertiary/aromatic N) is 3. The highest BCUT2D eigenvalue weighted by Gasteiger charge is 2.09. The zero-order valence-corrected chi connectivity index (χ0v) is 21.3. The van der Waals surface area contributed by atoms with Crippen molar-refractivity contribution in [2.45, 2.75) is 20.3 Å². The van der Waals surface area contributed by atoms with Crippen molar-refractivity contribution in [3.05, 3.63) is 83.3 Å². The van der Waals surface area contributed by atoms with Gasteiger partial charge in [-0.1, -0.05) is 18.2 Å². The number of guanidine groups is 1. The number of anilines is 1. The van der Waals surface area contributed by atoms with Gasteiger partial charge in [0.25, 0.3) is 5.91 Å². The molecule has 0 radical (unpaired) electrons. The highest BCUT2D eigenvalue weighted by molar-refractivity contribution is 6.08. The Balaban J connectivity index is 1.52. The predicted octanol–water partition coefficient (Wildman–Crippen LogP) is 4.43. The lowest BCUT2D eigenvalue weighted by atomic mass is 10.1. The number of para-hydroxylation sites is 1. The average Bonchev–Trinajstić information content (AvgIpc) is 3.29. The Morgan fingerprint density at radius 1 is 1.05 bits per heavy atom. The molecule has 3 N–H and O–H groups in total. The maximum atomic E-state index is 12.8. The van der Waals surface area contributed by atoms with E-state index < -0.39 is 0 Å². The van der Waals surface area contributed by atoms with E-state index in [-0.39, 0.29) is 11.9 Å². The first-order chi connectivity index (χ1) is 17.9. The summed E-state index contributed by atoms with van der Waals surface area (Å²) in [5, 5.41) is 6.94. The zero-order chi connectivity index (χ0) is 26.2. The van der Waals surface area contributed by atoms with Crippen LogP contribution in [-0.4, -0.2) is 47.6 Å². The van der Waals surface area contributed by atoms with E-state index in [1.807, 2.05) is 68.6 Å². The van der Waals surface area contributed by atoms with Crippen LogP contribution in [0.1, 0.15) is 22.5 Å². The summed E-state index contributed by atoms with van der Waals surface area (Å²) in [5.41, 5.74) is 4.53. The summed E-state index contributed by atoms with van der Waals surface area (Å²) in [6.07, 6.45) is 5.75. The van der Waals surface area contributed by atoms with E-state index in [9.17, 15) is 4.79 Å². The van der Waals surface area contributed by atoms with Gasteiger partial charge < -0.3 is 14.5 Å². The second-order valence-corrected chi connectivity index (χ2v) is 8.37. The lowest BCUT2D eigenvalue weighted by molar-refractivity contribution is -0.115. The molecule has 0 saturated heterocycles. The van der Waals surface area contributed by atoms with Gasteiger partial charge in [-0.2, -0.15) is 0 Å². The third-order valence-corrected chi connectivity index (χ3v) is 5.63. The Morgan fingerprint density at radius 2 is 1.84 bits per heavy atom. The number of H-pyrrole nitrogens is 1. The number of methoxy groups -OCH3 is 2. The normalized spacial score (nSPS) is 11.6. The van der Waals surface area contributed by atoms with E-state index in [1.165, 1.54) is 6.08 Å². The molecule has 0 aliphatic carbocycles. The standard InChI is InChI=1S/C28H30N6O3/c1-18-15-19(2)32-28(31-18)34-27(33-26(35)12-9-20-7-5-6-8-25(20)37-4)29-14-13-21-17-30-24-11-10-22(36-3)16-23(21)24/h5-12,15-17,30H,13-14H2,1-4H3,(H2,29,31,32,33,34,35). The van der Waals surface area contributed by atoms with Crippen LogP contribution < -0.4 is 20.1 Å². The van der Waals surface area contributed by atoms with Crippen molar-refractivity contribution in [2.24, 2.45) is 4.99 Å². The number of benzene rings is 2. The molecule has 37 heavy (non-hydrogen) atoms. The number of aliphatic imine (C=N–C) groups is 1. The minimum Gasteiger partial charge on any atom is -0.497 e. The number of ether oxygens (including phenoxy) is 2. The molecule has 4 aromatic rings.